The number of nitrogens with zero attached hydrogens (tertiary/aromatic N) is 3. The van der Waals surface area contributed by atoms with Crippen molar-refractivity contribution in [2.75, 3.05) is 4.90 Å². The fourth-order valence-electron chi connectivity index (χ4n) is 4.60. The molecule has 176 valence electrons. The van der Waals surface area contributed by atoms with Crippen LogP contribution in [0.4, 0.5) is 10.1 Å². The molecule has 36 heavy (non-hydrogen) atoms. The second kappa shape index (κ2) is 8.42. The number of benzene rings is 3. The van der Waals surface area contributed by atoms with E-state index in [-0.39, 0.29) is 28.9 Å². The molecule has 0 N–H and O–H groups in total. The van der Waals surface area contributed by atoms with Crippen molar-refractivity contribution in [3.63, 3.8) is 0 Å². The van der Waals surface area contributed by atoms with E-state index in [0.29, 0.717) is 17.0 Å². The van der Waals surface area contributed by atoms with Gasteiger partial charge in [0.25, 0.3) is 17.7 Å². The molecule has 0 aliphatic carbocycles. The number of benzodiazepines with no additional fused rings is 1. The molecule has 0 spiro atoms. The Bertz CT molecular complexity index is 1530. The smallest absolute Gasteiger partial charge is 0.273 e. The maximum atomic E-state index is 15.0. The molecule has 0 fully saturated rings. The Labute approximate surface area is 205 Å². The number of hydrogen-bond donors (Lipinski definition) is 0. The molecule has 1 atom stereocenters. The number of rotatable bonds is 4. The van der Waals surface area contributed by atoms with Gasteiger partial charge in [0.05, 0.1) is 35.3 Å². The summed E-state index contributed by atoms with van der Waals surface area (Å²) in [4.78, 5) is 47.6. The number of amides is 3. The maximum Gasteiger partial charge on any atom is 0.273 e. The van der Waals surface area contributed by atoms with Crippen LogP contribution in [-0.2, 0) is 11.3 Å². The molecular weight excluding hydrogens is 461 g/mol. The predicted molar refractivity (Wildman–Crippen MR) is 129 cm³/mol. The number of furan rings is 1. The average molecular weight is 479 g/mol. The average Bonchev–Trinajstić information content (AvgIpc) is 3.48. The van der Waals surface area contributed by atoms with Gasteiger partial charge in [-0.1, -0.05) is 42.5 Å². The summed E-state index contributed by atoms with van der Waals surface area (Å²) in [6.45, 7) is 0.0303. The number of imide groups is 1. The van der Waals surface area contributed by atoms with Crippen molar-refractivity contribution in [1.82, 2.24) is 4.90 Å². The molecule has 3 aromatic carbocycles. The van der Waals surface area contributed by atoms with E-state index < -0.39 is 29.7 Å². The van der Waals surface area contributed by atoms with Gasteiger partial charge in [-0.05, 0) is 42.5 Å². The molecule has 4 aromatic rings. The number of carbonyl (C=O) groups is 3. The Hall–Kier alpha value is -4.85. The lowest BCUT2D eigenvalue weighted by Crippen LogP contribution is -2.49. The number of para-hydroxylation sites is 1. The second-order valence-electron chi connectivity index (χ2n) is 8.38. The Kier molecular flexibility index (Phi) is 5.07. The number of carbonyl (C=O) groups excluding carboxylic acids is 3. The van der Waals surface area contributed by atoms with E-state index in [1.807, 2.05) is 0 Å². The van der Waals surface area contributed by atoms with Crippen molar-refractivity contribution >= 4 is 29.1 Å². The first kappa shape index (κ1) is 21.7. The molecule has 6 rings (SSSR count). The highest BCUT2D eigenvalue weighted by Gasteiger charge is 2.46. The van der Waals surface area contributed by atoms with Gasteiger partial charge < -0.3 is 9.32 Å². The van der Waals surface area contributed by atoms with Gasteiger partial charge in [-0.15, -0.1) is 0 Å². The molecule has 0 bridgehead atoms. The zero-order valence-corrected chi connectivity index (χ0v) is 18.8. The minimum Gasteiger partial charge on any atom is -0.467 e. The van der Waals surface area contributed by atoms with Crippen LogP contribution in [0.3, 0.4) is 0 Å². The zero-order chi connectivity index (χ0) is 24.8. The van der Waals surface area contributed by atoms with E-state index in [1.54, 1.807) is 66.7 Å². The number of hydrogen-bond acceptors (Lipinski definition) is 5. The summed E-state index contributed by atoms with van der Waals surface area (Å²) in [7, 11) is 0. The minimum atomic E-state index is -1.55. The van der Waals surface area contributed by atoms with Crippen LogP contribution in [0.25, 0.3) is 0 Å². The van der Waals surface area contributed by atoms with Gasteiger partial charge in [0.15, 0.2) is 0 Å². The number of anilines is 1. The maximum absolute atomic E-state index is 15.0. The highest BCUT2D eigenvalue weighted by molar-refractivity contribution is 6.25. The van der Waals surface area contributed by atoms with Gasteiger partial charge in [0.2, 0.25) is 6.17 Å². The second-order valence-corrected chi connectivity index (χ2v) is 8.38. The lowest BCUT2D eigenvalue weighted by atomic mass is 9.99. The van der Waals surface area contributed by atoms with Crippen molar-refractivity contribution in [1.29, 1.82) is 0 Å². The number of aliphatic imine (C=N–C) groups is 1. The summed E-state index contributed by atoms with van der Waals surface area (Å²) < 4.78 is 20.5. The lowest BCUT2D eigenvalue weighted by molar-refractivity contribution is -0.122. The quantitative estimate of drug-likeness (QED) is 0.406. The Balaban J connectivity index is 1.57. The van der Waals surface area contributed by atoms with E-state index in [0.717, 1.165) is 4.90 Å². The van der Waals surface area contributed by atoms with Crippen molar-refractivity contribution < 1.29 is 23.2 Å². The van der Waals surface area contributed by atoms with E-state index in [1.165, 1.54) is 29.4 Å². The third-order valence-corrected chi connectivity index (χ3v) is 6.28. The third kappa shape index (κ3) is 3.34. The molecule has 8 heteroatoms. The predicted octanol–water partition coefficient (Wildman–Crippen LogP) is 4.43. The van der Waals surface area contributed by atoms with Crippen molar-refractivity contribution in [3.8, 4) is 0 Å². The molecule has 2 aliphatic rings. The Morgan fingerprint density at radius 3 is 2.00 bits per heavy atom. The summed E-state index contributed by atoms with van der Waals surface area (Å²) in [5.41, 5.74) is 1.65. The fourth-order valence-corrected chi connectivity index (χ4v) is 4.60. The monoisotopic (exact) mass is 479 g/mol. The minimum absolute atomic E-state index is 0.0303. The lowest BCUT2D eigenvalue weighted by Gasteiger charge is -2.27. The Morgan fingerprint density at radius 2 is 1.36 bits per heavy atom. The van der Waals surface area contributed by atoms with E-state index in [2.05, 4.69) is 4.99 Å². The van der Waals surface area contributed by atoms with Gasteiger partial charge >= 0.3 is 0 Å². The summed E-state index contributed by atoms with van der Waals surface area (Å²) in [5, 5.41) is 0. The van der Waals surface area contributed by atoms with Crippen molar-refractivity contribution in [2.45, 2.75) is 12.7 Å². The molecular formula is C28H18FN3O4. The number of halogens is 1. The van der Waals surface area contributed by atoms with Gasteiger partial charge in [0, 0.05) is 11.1 Å². The standard InChI is InChI=1S/C28H18FN3O4/c29-22-13-5-3-11-20(22)24-21-12-4-6-14-23(21)31(16-17-8-7-15-36-17)28(35)25(30-24)32-26(33)18-9-1-2-10-19(18)27(32)34/h1-15,25H,16H2. The van der Waals surface area contributed by atoms with Crippen LogP contribution < -0.4 is 4.90 Å². The first-order chi connectivity index (χ1) is 17.5. The van der Waals surface area contributed by atoms with Crippen molar-refractivity contribution in [2.24, 2.45) is 4.99 Å². The van der Waals surface area contributed by atoms with Crippen LogP contribution in [0.5, 0.6) is 0 Å². The molecule has 2 aliphatic heterocycles. The highest BCUT2D eigenvalue weighted by atomic mass is 19.1. The molecule has 1 aromatic heterocycles. The van der Waals surface area contributed by atoms with Crippen molar-refractivity contribution in [3.05, 3.63) is 125 Å². The normalized spacial score (nSPS) is 17.1. The van der Waals surface area contributed by atoms with Gasteiger partial charge in [-0.3, -0.25) is 14.4 Å². The van der Waals surface area contributed by atoms with Gasteiger partial charge in [-0.2, -0.15) is 0 Å². The van der Waals surface area contributed by atoms with Crippen LogP contribution in [0.15, 0.2) is 101 Å². The summed E-state index contributed by atoms with van der Waals surface area (Å²) in [6, 6.07) is 22.8. The van der Waals surface area contributed by atoms with E-state index >= 15 is 4.39 Å². The molecule has 0 saturated heterocycles. The SMILES string of the molecule is O=C1C(N2C(=O)c3ccccc3C2=O)N=C(c2ccccc2F)c2ccccc2N1Cc1ccco1. The van der Waals surface area contributed by atoms with Crippen LogP contribution in [0.2, 0.25) is 0 Å². The van der Waals surface area contributed by atoms with Gasteiger partial charge in [0.1, 0.15) is 11.6 Å². The molecule has 1 unspecified atom stereocenters. The fraction of sp³-hybridized carbons (Fsp3) is 0.0714. The van der Waals surface area contributed by atoms with Crippen LogP contribution in [0, 0.1) is 5.82 Å². The third-order valence-electron chi connectivity index (χ3n) is 6.28. The van der Waals surface area contributed by atoms with E-state index in [4.69, 9.17) is 4.42 Å². The van der Waals surface area contributed by atoms with E-state index in [9.17, 15) is 14.4 Å². The molecule has 0 saturated carbocycles. The summed E-state index contributed by atoms with van der Waals surface area (Å²) in [5.74, 6) is -1.92. The molecule has 3 amide bonds. The van der Waals surface area contributed by atoms with Gasteiger partial charge in [-0.25, -0.2) is 14.3 Å². The van der Waals surface area contributed by atoms with Crippen LogP contribution in [0.1, 0.15) is 37.6 Å². The molecule has 3 heterocycles. The zero-order valence-electron chi connectivity index (χ0n) is 18.8. The first-order valence-electron chi connectivity index (χ1n) is 11.3. The summed E-state index contributed by atoms with van der Waals surface area (Å²) >= 11 is 0. The molecule has 0 radical (unpaired) electrons. The largest absolute Gasteiger partial charge is 0.467 e. The first-order valence-corrected chi connectivity index (χ1v) is 11.3. The highest BCUT2D eigenvalue weighted by Crippen LogP contribution is 2.34. The number of fused-ring (bicyclic) bond motifs is 2. The Morgan fingerprint density at radius 1 is 0.750 bits per heavy atom. The topological polar surface area (TPSA) is 83.2 Å². The van der Waals surface area contributed by atoms with Crippen LogP contribution in [-0.4, -0.2) is 34.5 Å². The summed E-state index contributed by atoms with van der Waals surface area (Å²) in [6.07, 6.45) is -0.0544. The van der Waals surface area contributed by atoms with Crippen LogP contribution >= 0.6 is 0 Å². The molecule has 7 nitrogen and oxygen atoms in total.